The van der Waals surface area contributed by atoms with Crippen LogP contribution in [0.4, 0.5) is 0 Å². The molecule has 100 valence electrons. The van der Waals surface area contributed by atoms with Crippen LogP contribution in [0.15, 0.2) is 0 Å². The molecule has 0 bridgehead atoms. The summed E-state index contributed by atoms with van der Waals surface area (Å²) >= 11 is 0. The zero-order valence-corrected chi connectivity index (χ0v) is 10.4. The van der Waals surface area contributed by atoms with Gasteiger partial charge in [-0.2, -0.15) is 0 Å². The Bertz CT molecular complexity index is 399. The molecule has 0 saturated heterocycles. The molecule has 2 atom stereocenters. The number of carbonyl (C=O) groups is 4. The van der Waals surface area contributed by atoms with Crippen LogP contribution in [0.3, 0.4) is 0 Å². The van der Waals surface area contributed by atoms with Gasteiger partial charge in [0.05, 0.1) is 6.61 Å². The molecule has 0 radical (unpaired) electrons. The van der Waals surface area contributed by atoms with Crippen LogP contribution in [0, 0.1) is 11.3 Å². The summed E-state index contributed by atoms with van der Waals surface area (Å²) < 4.78 is 4.85. The quantitative estimate of drug-likeness (QED) is 0.583. The molecule has 0 amide bonds. The first kappa shape index (κ1) is 14.3. The molecule has 0 aliphatic heterocycles. The highest BCUT2D eigenvalue weighted by Crippen LogP contribution is 2.40. The van der Waals surface area contributed by atoms with Crippen LogP contribution in [0.1, 0.15) is 33.1 Å². The molecular weight excluding hydrogens is 240 g/mol. The fourth-order valence-corrected chi connectivity index (χ4v) is 2.22. The molecule has 1 saturated carbocycles. The first-order chi connectivity index (χ1) is 8.35. The Kier molecular flexibility index (Phi) is 4.21. The number of esters is 1. The standard InChI is InChI=1S/C12H16O6/c1-3-18-11(17)12(7(2)13)5-4-9(14)8(6-12)10(15)16/h8H,3-6H2,1-2H3,(H,15,16)/t8-,12+/m0/s1. The van der Waals surface area contributed by atoms with Crippen molar-refractivity contribution in [3.05, 3.63) is 0 Å². The van der Waals surface area contributed by atoms with Crippen LogP contribution in [-0.2, 0) is 23.9 Å². The number of Topliss-reactive ketones (excluding diaryl/α,β-unsaturated/α-hetero) is 2. The second kappa shape index (κ2) is 5.29. The zero-order valence-electron chi connectivity index (χ0n) is 10.4. The predicted octanol–water partition coefficient (Wildman–Crippen LogP) is 0.579. The second-order valence-electron chi connectivity index (χ2n) is 4.42. The van der Waals surface area contributed by atoms with Gasteiger partial charge < -0.3 is 9.84 Å². The number of ketones is 2. The molecule has 0 spiro atoms. The summed E-state index contributed by atoms with van der Waals surface area (Å²) in [5.41, 5.74) is -1.48. The predicted molar refractivity (Wildman–Crippen MR) is 59.7 cm³/mol. The lowest BCUT2D eigenvalue weighted by atomic mass is 9.67. The maximum atomic E-state index is 11.9. The van der Waals surface area contributed by atoms with Crippen LogP contribution in [-0.4, -0.2) is 35.2 Å². The molecule has 0 aromatic heterocycles. The maximum Gasteiger partial charge on any atom is 0.319 e. The molecule has 0 unspecified atom stereocenters. The van der Waals surface area contributed by atoms with Gasteiger partial charge in [0.2, 0.25) is 0 Å². The number of carboxylic acids is 1. The summed E-state index contributed by atoms with van der Waals surface area (Å²) in [7, 11) is 0. The van der Waals surface area contributed by atoms with Gasteiger partial charge in [0.15, 0.2) is 0 Å². The third kappa shape index (κ3) is 2.42. The third-order valence-corrected chi connectivity index (χ3v) is 3.38. The number of aliphatic carboxylic acids is 1. The molecule has 0 heterocycles. The average Bonchev–Trinajstić information content (AvgIpc) is 2.29. The van der Waals surface area contributed by atoms with Gasteiger partial charge in [0, 0.05) is 6.42 Å². The minimum absolute atomic E-state index is 0.0315. The van der Waals surface area contributed by atoms with Gasteiger partial charge in [-0.05, 0) is 26.7 Å². The lowest BCUT2D eigenvalue weighted by molar-refractivity contribution is -0.165. The third-order valence-electron chi connectivity index (χ3n) is 3.38. The fraction of sp³-hybridized carbons (Fsp3) is 0.667. The summed E-state index contributed by atoms with van der Waals surface area (Å²) in [6.45, 7) is 2.94. The van der Waals surface area contributed by atoms with E-state index in [1.54, 1.807) is 6.92 Å². The molecule has 0 aromatic rings. The minimum Gasteiger partial charge on any atom is -0.481 e. The molecule has 1 aliphatic rings. The normalized spacial score (nSPS) is 27.7. The van der Waals surface area contributed by atoms with E-state index in [0.29, 0.717) is 0 Å². The van der Waals surface area contributed by atoms with Gasteiger partial charge in [-0.25, -0.2) is 0 Å². The van der Waals surface area contributed by atoms with Crippen molar-refractivity contribution in [2.24, 2.45) is 11.3 Å². The maximum absolute atomic E-state index is 11.9. The summed E-state index contributed by atoms with van der Waals surface area (Å²) in [6, 6.07) is 0. The Hall–Kier alpha value is -1.72. The van der Waals surface area contributed by atoms with Crippen molar-refractivity contribution in [3.8, 4) is 0 Å². The van der Waals surface area contributed by atoms with Crippen LogP contribution < -0.4 is 0 Å². The van der Waals surface area contributed by atoms with E-state index in [2.05, 4.69) is 0 Å². The van der Waals surface area contributed by atoms with Crippen molar-refractivity contribution >= 4 is 23.5 Å². The number of ether oxygens (including phenoxy) is 1. The van der Waals surface area contributed by atoms with Gasteiger partial charge in [-0.1, -0.05) is 0 Å². The highest BCUT2D eigenvalue weighted by Gasteiger charge is 2.52. The molecular formula is C12H16O6. The van der Waals surface area contributed by atoms with Crippen molar-refractivity contribution in [2.75, 3.05) is 6.61 Å². The molecule has 0 aromatic carbocycles. The highest BCUT2D eigenvalue weighted by molar-refractivity contribution is 6.07. The van der Waals surface area contributed by atoms with Crippen molar-refractivity contribution in [2.45, 2.75) is 33.1 Å². The molecule has 1 N–H and O–H groups in total. The number of hydrogen-bond donors (Lipinski definition) is 1. The van der Waals surface area contributed by atoms with E-state index in [4.69, 9.17) is 9.84 Å². The highest BCUT2D eigenvalue weighted by atomic mass is 16.5. The lowest BCUT2D eigenvalue weighted by Crippen LogP contribution is -2.47. The molecule has 6 nitrogen and oxygen atoms in total. The Morgan fingerprint density at radius 1 is 1.44 bits per heavy atom. The van der Waals surface area contributed by atoms with E-state index in [-0.39, 0.29) is 25.9 Å². The second-order valence-corrected chi connectivity index (χ2v) is 4.42. The van der Waals surface area contributed by atoms with E-state index in [1.807, 2.05) is 0 Å². The van der Waals surface area contributed by atoms with Gasteiger partial charge >= 0.3 is 11.9 Å². The molecule has 6 heteroatoms. The monoisotopic (exact) mass is 256 g/mol. The molecule has 18 heavy (non-hydrogen) atoms. The van der Waals surface area contributed by atoms with E-state index in [0.717, 1.165) is 0 Å². The summed E-state index contributed by atoms with van der Waals surface area (Å²) in [5.74, 6) is -4.21. The Balaban J connectivity index is 3.06. The SMILES string of the molecule is CCOC(=O)[C@]1(C(C)=O)CCC(=O)[C@@H](C(=O)O)C1. The van der Waals surface area contributed by atoms with Crippen molar-refractivity contribution < 1.29 is 29.0 Å². The number of rotatable bonds is 4. The smallest absolute Gasteiger partial charge is 0.319 e. The number of carboxylic acid groups (broad SMARTS) is 1. The molecule has 1 aliphatic carbocycles. The van der Waals surface area contributed by atoms with Crippen LogP contribution in [0.25, 0.3) is 0 Å². The average molecular weight is 256 g/mol. The largest absolute Gasteiger partial charge is 0.481 e. The van der Waals surface area contributed by atoms with E-state index in [9.17, 15) is 19.2 Å². The van der Waals surface area contributed by atoms with Gasteiger partial charge in [0.25, 0.3) is 0 Å². The van der Waals surface area contributed by atoms with Gasteiger partial charge in [-0.15, -0.1) is 0 Å². The van der Waals surface area contributed by atoms with Crippen LogP contribution in [0.2, 0.25) is 0 Å². The minimum atomic E-state index is -1.48. The zero-order chi connectivity index (χ0) is 13.9. The van der Waals surface area contributed by atoms with Crippen molar-refractivity contribution in [1.82, 2.24) is 0 Å². The Morgan fingerprint density at radius 2 is 2.06 bits per heavy atom. The topological polar surface area (TPSA) is 97.7 Å². The summed E-state index contributed by atoms with van der Waals surface area (Å²) in [6.07, 6.45) is -0.353. The summed E-state index contributed by atoms with van der Waals surface area (Å²) in [4.78, 5) is 46.0. The van der Waals surface area contributed by atoms with Crippen molar-refractivity contribution in [3.63, 3.8) is 0 Å². The van der Waals surface area contributed by atoms with Crippen LogP contribution in [0.5, 0.6) is 0 Å². The van der Waals surface area contributed by atoms with E-state index >= 15 is 0 Å². The lowest BCUT2D eigenvalue weighted by Gasteiger charge is -2.34. The van der Waals surface area contributed by atoms with E-state index in [1.165, 1.54) is 6.92 Å². The van der Waals surface area contributed by atoms with Gasteiger partial charge in [-0.3, -0.25) is 19.2 Å². The first-order valence-corrected chi connectivity index (χ1v) is 5.79. The summed E-state index contributed by atoms with van der Waals surface area (Å²) in [5, 5.41) is 8.95. The fourth-order valence-electron chi connectivity index (χ4n) is 2.22. The molecule has 1 fully saturated rings. The number of carbonyl (C=O) groups excluding carboxylic acids is 3. The van der Waals surface area contributed by atoms with Gasteiger partial charge in [0.1, 0.15) is 22.9 Å². The van der Waals surface area contributed by atoms with Crippen molar-refractivity contribution in [1.29, 1.82) is 0 Å². The Morgan fingerprint density at radius 3 is 2.50 bits per heavy atom. The van der Waals surface area contributed by atoms with Crippen LogP contribution >= 0.6 is 0 Å². The Labute approximate surface area is 104 Å². The molecule has 1 rings (SSSR count). The first-order valence-electron chi connectivity index (χ1n) is 5.79. The van der Waals surface area contributed by atoms with E-state index < -0.39 is 34.8 Å². The number of hydrogen-bond acceptors (Lipinski definition) is 5.